The fourth-order valence-corrected chi connectivity index (χ4v) is 4.06. The van der Waals surface area contributed by atoms with E-state index in [9.17, 15) is 24.0 Å². The number of hydrogen-bond acceptors (Lipinski definition) is 6. The van der Waals surface area contributed by atoms with Crippen molar-refractivity contribution in [1.82, 2.24) is 20.9 Å². The van der Waals surface area contributed by atoms with E-state index in [2.05, 4.69) is 16.0 Å². The molecule has 2 rings (SSSR count). The van der Waals surface area contributed by atoms with Crippen molar-refractivity contribution in [2.45, 2.75) is 65.0 Å². The number of rotatable bonds is 11. The van der Waals surface area contributed by atoms with E-state index in [1.807, 2.05) is 13.8 Å². The van der Waals surface area contributed by atoms with E-state index in [-0.39, 0.29) is 47.3 Å². The Labute approximate surface area is 195 Å². The predicted octanol–water partition coefficient (Wildman–Crippen LogP) is -0.172. The van der Waals surface area contributed by atoms with Gasteiger partial charge < -0.3 is 21.7 Å². The number of nitrogens with zero attached hydrogens (tertiary/aromatic N) is 1. The van der Waals surface area contributed by atoms with Gasteiger partial charge in [0.25, 0.3) is 11.8 Å². The van der Waals surface area contributed by atoms with Crippen LogP contribution in [-0.4, -0.2) is 66.2 Å². The van der Waals surface area contributed by atoms with Crippen molar-refractivity contribution in [2.24, 2.45) is 23.5 Å². The maximum Gasteiger partial charge on any atom is 0.253 e. The standard InChI is InChI=1S/C23H37N5O5/c1-14(2)20(27-21(31)15(3)24)23(33)26-12-4-11-25-22(32)17-7-5-16(6-8-17)13-28-18(29)9-10-19(28)30/h9-10,14-17,20H,4-8,11-13,24H2,1-3H3,(H,25,32)(H,26,33)(H,27,31)/t15-,16?,17?,20-/m1/s1. The summed E-state index contributed by atoms with van der Waals surface area (Å²) in [6.07, 6.45) is 6.22. The summed E-state index contributed by atoms with van der Waals surface area (Å²) in [5.74, 6) is -1.09. The molecule has 2 atom stereocenters. The summed E-state index contributed by atoms with van der Waals surface area (Å²) in [4.78, 5) is 61.3. The molecule has 0 spiro atoms. The van der Waals surface area contributed by atoms with Gasteiger partial charge in [-0.1, -0.05) is 13.8 Å². The average molecular weight is 464 g/mol. The Hall–Kier alpha value is -2.75. The van der Waals surface area contributed by atoms with E-state index < -0.39 is 12.1 Å². The average Bonchev–Trinajstić information content (AvgIpc) is 3.08. The first-order valence-electron chi connectivity index (χ1n) is 11.7. The minimum atomic E-state index is -0.688. The maximum absolute atomic E-state index is 12.4. The third-order valence-corrected chi connectivity index (χ3v) is 6.17. The molecular formula is C23H37N5O5. The molecule has 184 valence electrons. The van der Waals surface area contributed by atoms with Crippen LogP contribution in [0.5, 0.6) is 0 Å². The van der Waals surface area contributed by atoms with E-state index in [1.165, 1.54) is 17.1 Å². The molecule has 10 nitrogen and oxygen atoms in total. The quantitative estimate of drug-likeness (QED) is 0.247. The highest BCUT2D eigenvalue weighted by molar-refractivity contribution is 6.12. The summed E-state index contributed by atoms with van der Waals surface area (Å²) in [6.45, 7) is 6.50. The third kappa shape index (κ3) is 7.96. The van der Waals surface area contributed by atoms with E-state index in [4.69, 9.17) is 5.73 Å². The summed E-state index contributed by atoms with van der Waals surface area (Å²) >= 11 is 0. The minimum absolute atomic E-state index is 0.000905. The van der Waals surface area contributed by atoms with Gasteiger partial charge in [0.15, 0.2) is 0 Å². The normalized spacial score (nSPS) is 22.3. The van der Waals surface area contributed by atoms with Crippen LogP contribution < -0.4 is 21.7 Å². The second-order valence-electron chi connectivity index (χ2n) is 9.29. The van der Waals surface area contributed by atoms with Crippen molar-refractivity contribution in [2.75, 3.05) is 19.6 Å². The smallest absolute Gasteiger partial charge is 0.253 e. The zero-order valence-electron chi connectivity index (χ0n) is 19.8. The second kappa shape index (κ2) is 12.5. The maximum atomic E-state index is 12.4. The predicted molar refractivity (Wildman–Crippen MR) is 122 cm³/mol. The molecule has 1 fully saturated rings. The summed E-state index contributed by atoms with van der Waals surface area (Å²) in [7, 11) is 0. The Bertz CT molecular complexity index is 753. The monoisotopic (exact) mass is 463 g/mol. The Kier molecular flexibility index (Phi) is 10.0. The molecule has 0 aromatic rings. The fourth-order valence-electron chi connectivity index (χ4n) is 4.06. The number of carbonyl (C=O) groups excluding carboxylic acids is 5. The Morgan fingerprint density at radius 3 is 2.09 bits per heavy atom. The molecule has 5 N–H and O–H groups in total. The Balaban J connectivity index is 1.62. The molecule has 0 saturated heterocycles. The summed E-state index contributed by atoms with van der Waals surface area (Å²) < 4.78 is 0. The lowest BCUT2D eigenvalue weighted by Crippen LogP contribution is -2.53. The molecule has 1 aliphatic heterocycles. The zero-order chi connectivity index (χ0) is 24.5. The number of carbonyl (C=O) groups is 5. The van der Waals surface area contributed by atoms with Crippen LogP contribution in [0.2, 0.25) is 0 Å². The molecular weight excluding hydrogens is 426 g/mol. The molecule has 33 heavy (non-hydrogen) atoms. The first kappa shape index (κ1) is 26.5. The van der Waals surface area contributed by atoms with Gasteiger partial charge >= 0.3 is 0 Å². The molecule has 0 aromatic carbocycles. The number of amides is 5. The summed E-state index contributed by atoms with van der Waals surface area (Å²) in [6, 6.07) is -1.35. The SMILES string of the molecule is CC(C)[C@@H](NC(=O)[C@@H](C)N)C(=O)NCCCNC(=O)C1CCC(CN2C(=O)C=CC2=O)CC1. The molecule has 0 bridgehead atoms. The number of imide groups is 1. The van der Waals surface area contributed by atoms with Gasteiger partial charge in [-0.3, -0.25) is 28.9 Å². The van der Waals surface area contributed by atoms with E-state index >= 15 is 0 Å². The second-order valence-corrected chi connectivity index (χ2v) is 9.29. The van der Waals surface area contributed by atoms with Gasteiger partial charge in [-0.25, -0.2) is 0 Å². The van der Waals surface area contributed by atoms with Crippen LogP contribution in [0.3, 0.4) is 0 Å². The molecule has 10 heteroatoms. The molecule has 1 aliphatic carbocycles. The number of nitrogens with one attached hydrogen (secondary N) is 3. The van der Waals surface area contributed by atoms with Gasteiger partial charge in [0.05, 0.1) is 6.04 Å². The third-order valence-electron chi connectivity index (χ3n) is 6.17. The molecule has 2 aliphatic rings. The van der Waals surface area contributed by atoms with Gasteiger partial charge in [0.2, 0.25) is 17.7 Å². The molecule has 5 amide bonds. The van der Waals surface area contributed by atoms with Gasteiger partial charge in [0.1, 0.15) is 6.04 Å². The van der Waals surface area contributed by atoms with E-state index in [1.54, 1.807) is 6.92 Å². The van der Waals surface area contributed by atoms with Crippen molar-refractivity contribution in [3.8, 4) is 0 Å². The highest BCUT2D eigenvalue weighted by atomic mass is 16.2. The summed E-state index contributed by atoms with van der Waals surface area (Å²) in [5.41, 5.74) is 5.55. The van der Waals surface area contributed by atoms with Crippen molar-refractivity contribution in [3.05, 3.63) is 12.2 Å². The Morgan fingerprint density at radius 2 is 1.55 bits per heavy atom. The van der Waals surface area contributed by atoms with Gasteiger partial charge in [-0.15, -0.1) is 0 Å². The van der Waals surface area contributed by atoms with Gasteiger partial charge in [0, 0.05) is 37.7 Å². The Morgan fingerprint density at radius 1 is 0.970 bits per heavy atom. The summed E-state index contributed by atoms with van der Waals surface area (Å²) in [5, 5.41) is 8.38. The largest absolute Gasteiger partial charge is 0.356 e. The van der Waals surface area contributed by atoms with Crippen molar-refractivity contribution < 1.29 is 24.0 Å². The number of nitrogens with two attached hydrogens (primary N) is 1. The van der Waals surface area contributed by atoms with Crippen LogP contribution in [0, 0.1) is 17.8 Å². The lowest BCUT2D eigenvalue weighted by Gasteiger charge is -2.30. The fraction of sp³-hybridized carbons (Fsp3) is 0.696. The van der Waals surface area contributed by atoms with Crippen LogP contribution >= 0.6 is 0 Å². The topological polar surface area (TPSA) is 151 Å². The molecule has 0 radical (unpaired) electrons. The lowest BCUT2D eigenvalue weighted by molar-refractivity contribution is -0.138. The van der Waals surface area contributed by atoms with E-state index in [0.717, 1.165) is 25.7 Å². The van der Waals surface area contributed by atoms with Crippen LogP contribution in [0.25, 0.3) is 0 Å². The highest BCUT2D eigenvalue weighted by Gasteiger charge is 2.31. The van der Waals surface area contributed by atoms with E-state index in [0.29, 0.717) is 26.1 Å². The molecule has 1 saturated carbocycles. The molecule has 0 aromatic heterocycles. The molecule has 1 heterocycles. The van der Waals surface area contributed by atoms with Crippen LogP contribution in [0.1, 0.15) is 52.9 Å². The van der Waals surface area contributed by atoms with Crippen LogP contribution in [0.4, 0.5) is 0 Å². The number of hydrogen-bond donors (Lipinski definition) is 4. The first-order valence-corrected chi connectivity index (χ1v) is 11.7. The van der Waals surface area contributed by atoms with Gasteiger partial charge in [-0.05, 0) is 50.9 Å². The lowest BCUT2D eigenvalue weighted by atomic mass is 9.81. The van der Waals surface area contributed by atoms with Crippen molar-refractivity contribution in [3.63, 3.8) is 0 Å². The molecule has 0 unspecified atom stereocenters. The zero-order valence-corrected chi connectivity index (χ0v) is 19.8. The van der Waals surface area contributed by atoms with Gasteiger partial charge in [-0.2, -0.15) is 0 Å². The van der Waals surface area contributed by atoms with Crippen molar-refractivity contribution in [1.29, 1.82) is 0 Å². The highest BCUT2D eigenvalue weighted by Crippen LogP contribution is 2.30. The van der Waals surface area contributed by atoms with Crippen molar-refractivity contribution >= 4 is 29.5 Å². The minimum Gasteiger partial charge on any atom is -0.356 e. The first-order chi connectivity index (χ1) is 15.6. The van der Waals surface area contributed by atoms with Crippen LogP contribution in [-0.2, 0) is 24.0 Å². The van der Waals surface area contributed by atoms with Crippen LogP contribution in [0.15, 0.2) is 12.2 Å².